The normalized spacial score (nSPS) is 27.1. The highest BCUT2D eigenvalue weighted by Gasteiger charge is 2.35. The van der Waals surface area contributed by atoms with Crippen molar-refractivity contribution in [2.75, 3.05) is 25.1 Å². The summed E-state index contributed by atoms with van der Waals surface area (Å²) in [6.07, 6.45) is 1.14. The van der Waals surface area contributed by atoms with Crippen molar-refractivity contribution in [1.82, 2.24) is 4.90 Å². The molecule has 2 atom stereocenters. The molecule has 2 unspecified atom stereocenters. The molecular formula is C9H17NO5S. The number of hydrogen-bond donors (Lipinski definition) is 2. The van der Waals surface area contributed by atoms with Crippen LogP contribution in [-0.2, 0) is 14.6 Å². The summed E-state index contributed by atoms with van der Waals surface area (Å²) in [5.41, 5.74) is 0. The molecule has 0 bridgehead atoms. The topological polar surface area (TPSA) is 94.9 Å². The van der Waals surface area contributed by atoms with E-state index >= 15 is 0 Å². The predicted octanol–water partition coefficient (Wildman–Crippen LogP) is -1.06. The number of aliphatic carboxylic acids is 1. The number of sulfone groups is 1. The van der Waals surface area contributed by atoms with Gasteiger partial charge in [-0.15, -0.1) is 0 Å². The summed E-state index contributed by atoms with van der Waals surface area (Å²) in [7, 11) is -3.00. The van der Waals surface area contributed by atoms with Crippen molar-refractivity contribution in [3.63, 3.8) is 0 Å². The molecule has 1 aliphatic rings. The Morgan fingerprint density at radius 2 is 2.12 bits per heavy atom. The van der Waals surface area contributed by atoms with Crippen LogP contribution in [0.1, 0.15) is 12.8 Å². The zero-order chi connectivity index (χ0) is 12.3. The van der Waals surface area contributed by atoms with Gasteiger partial charge in [-0.3, -0.25) is 9.69 Å². The zero-order valence-electron chi connectivity index (χ0n) is 9.16. The highest BCUT2D eigenvalue weighted by Crippen LogP contribution is 2.18. The van der Waals surface area contributed by atoms with Gasteiger partial charge in [0.05, 0.1) is 11.9 Å². The fraction of sp³-hybridized carbons (Fsp3) is 0.889. The second kappa shape index (κ2) is 5.11. The number of aliphatic hydroxyl groups is 1. The van der Waals surface area contributed by atoms with Crippen molar-refractivity contribution >= 4 is 15.8 Å². The smallest absolute Gasteiger partial charge is 0.321 e. The number of likely N-dealkylation sites (tertiary alicyclic amines) is 1. The van der Waals surface area contributed by atoms with Crippen molar-refractivity contribution in [3.8, 4) is 0 Å². The van der Waals surface area contributed by atoms with E-state index < -0.39 is 28.0 Å². The van der Waals surface area contributed by atoms with Crippen molar-refractivity contribution in [3.05, 3.63) is 0 Å². The van der Waals surface area contributed by atoms with Gasteiger partial charge in [0, 0.05) is 25.8 Å². The molecule has 1 saturated heterocycles. The summed E-state index contributed by atoms with van der Waals surface area (Å²) < 4.78 is 21.8. The fourth-order valence-corrected chi connectivity index (χ4v) is 2.57. The Bertz CT molecular complexity index is 353. The van der Waals surface area contributed by atoms with E-state index in [-0.39, 0.29) is 12.2 Å². The maximum atomic E-state index is 10.9. The first-order chi connectivity index (χ1) is 7.29. The van der Waals surface area contributed by atoms with E-state index in [1.165, 1.54) is 0 Å². The predicted molar refractivity (Wildman–Crippen MR) is 57.9 cm³/mol. The molecule has 0 aromatic rings. The molecule has 0 radical (unpaired) electrons. The lowest BCUT2D eigenvalue weighted by molar-refractivity contribution is -0.142. The number of carbonyl (C=O) groups is 1. The summed E-state index contributed by atoms with van der Waals surface area (Å²) >= 11 is 0. The third kappa shape index (κ3) is 4.07. The molecule has 7 heteroatoms. The summed E-state index contributed by atoms with van der Waals surface area (Å²) in [4.78, 5) is 12.5. The summed E-state index contributed by atoms with van der Waals surface area (Å²) in [6, 6.07) is -0.686. The molecule has 2 N–H and O–H groups in total. The van der Waals surface area contributed by atoms with Gasteiger partial charge in [0.15, 0.2) is 0 Å². The molecule has 94 valence electrons. The quantitative estimate of drug-likeness (QED) is 0.647. The largest absolute Gasteiger partial charge is 0.480 e. The second-order valence-electron chi connectivity index (χ2n) is 4.22. The molecule has 1 rings (SSSR count). The molecule has 0 aromatic carbocycles. The molecule has 6 nitrogen and oxygen atoms in total. The van der Waals surface area contributed by atoms with Gasteiger partial charge in [-0.2, -0.15) is 0 Å². The minimum Gasteiger partial charge on any atom is -0.480 e. The average molecular weight is 251 g/mol. The fourth-order valence-electron chi connectivity index (χ4n) is 1.91. The molecule has 1 heterocycles. The number of aliphatic hydroxyl groups excluding tert-OH is 1. The van der Waals surface area contributed by atoms with Crippen LogP contribution in [-0.4, -0.2) is 66.7 Å². The SMILES string of the molecule is CS(=O)(=O)CCCN1CC(O)CC1C(=O)O. The molecule has 16 heavy (non-hydrogen) atoms. The van der Waals surface area contributed by atoms with Crippen LogP contribution in [0.3, 0.4) is 0 Å². The average Bonchev–Trinajstić information content (AvgIpc) is 2.44. The Labute approximate surface area is 94.8 Å². The highest BCUT2D eigenvalue weighted by molar-refractivity contribution is 7.90. The van der Waals surface area contributed by atoms with Crippen LogP contribution in [0.25, 0.3) is 0 Å². The number of rotatable bonds is 5. The molecule has 1 fully saturated rings. The van der Waals surface area contributed by atoms with E-state index in [1.54, 1.807) is 4.90 Å². The third-order valence-corrected chi connectivity index (χ3v) is 3.66. The first-order valence-corrected chi connectivity index (χ1v) is 7.18. The molecular weight excluding hydrogens is 234 g/mol. The minimum atomic E-state index is -3.00. The van der Waals surface area contributed by atoms with Crippen LogP contribution in [0.4, 0.5) is 0 Å². The van der Waals surface area contributed by atoms with Gasteiger partial charge in [0.1, 0.15) is 15.9 Å². The van der Waals surface area contributed by atoms with Crippen molar-refractivity contribution in [1.29, 1.82) is 0 Å². The van der Waals surface area contributed by atoms with Gasteiger partial charge >= 0.3 is 5.97 Å². The summed E-state index contributed by atoms with van der Waals surface area (Å²) in [5, 5.41) is 18.2. The number of nitrogens with zero attached hydrogens (tertiary/aromatic N) is 1. The van der Waals surface area contributed by atoms with E-state index in [0.717, 1.165) is 6.26 Å². The van der Waals surface area contributed by atoms with E-state index in [0.29, 0.717) is 19.5 Å². The van der Waals surface area contributed by atoms with Gasteiger partial charge in [-0.1, -0.05) is 0 Å². The van der Waals surface area contributed by atoms with Gasteiger partial charge in [-0.05, 0) is 6.42 Å². The Kier molecular flexibility index (Phi) is 4.28. The van der Waals surface area contributed by atoms with Crippen LogP contribution in [0.15, 0.2) is 0 Å². The van der Waals surface area contributed by atoms with E-state index in [1.807, 2.05) is 0 Å². The first-order valence-electron chi connectivity index (χ1n) is 5.12. The summed E-state index contributed by atoms with van der Waals surface area (Å²) in [6.45, 7) is 0.696. The second-order valence-corrected chi connectivity index (χ2v) is 6.48. The Morgan fingerprint density at radius 1 is 1.50 bits per heavy atom. The van der Waals surface area contributed by atoms with Gasteiger partial charge in [-0.25, -0.2) is 8.42 Å². The standard InChI is InChI=1S/C9H17NO5S/c1-16(14,15)4-2-3-10-6-7(11)5-8(10)9(12)13/h7-8,11H,2-6H2,1H3,(H,12,13). The first kappa shape index (κ1) is 13.4. The van der Waals surface area contributed by atoms with Crippen LogP contribution in [0, 0.1) is 0 Å². The van der Waals surface area contributed by atoms with Crippen LogP contribution >= 0.6 is 0 Å². The molecule has 0 spiro atoms. The van der Waals surface area contributed by atoms with Crippen LogP contribution < -0.4 is 0 Å². The van der Waals surface area contributed by atoms with E-state index in [2.05, 4.69) is 0 Å². The van der Waals surface area contributed by atoms with E-state index in [4.69, 9.17) is 5.11 Å². The monoisotopic (exact) mass is 251 g/mol. The Morgan fingerprint density at radius 3 is 2.62 bits per heavy atom. The number of carboxylic acid groups (broad SMARTS) is 1. The van der Waals surface area contributed by atoms with E-state index in [9.17, 15) is 18.3 Å². The number of carboxylic acids is 1. The van der Waals surface area contributed by atoms with Crippen molar-refractivity contribution in [2.45, 2.75) is 25.0 Å². The molecule has 0 amide bonds. The lowest BCUT2D eigenvalue weighted by atomic mass is 10.2. The lowest BCUT2D eigenvalue weighted by Crippen LogP contribution is -2.37. The minimum absolute atomic E-state index is 0.0476. The Hall–Kier alpha value is -0.660. The molecule has 0 aromatic heterocycles. The van der Waals surface area contributed by atoms with Gasteiger partial charge in [0.2, 0.25) is 0 Å². The van der Waals surface area contributed by atoms with Crippen LogP contribution in [0.2, 0.25) is 0 Å². The molecule has 0 saturated carbocycles. The number of β-amino-alcohol motifs (C(OH)–C–C–N with tert-alkyl or cyclic N) is 1. The van der Waals surface area contributed by atoms with Crippen LogP contribution in [0.5, 0.6) is 0 Å². The molecule has 0 aliphatic carbocycles. The Balaban J connectivity index is 2.44. The highest BCUT2D eigenvalue weighted by atomic mass is 32.2. The van der Waals surface area contributed by atoms with Gasteiger partial charge in [0.25, 0.3) is 0 Å². The third-order valence-electron chi connectivity index (χ3n) is 2.63. The maximum absolute atomic E-state index is 10.9. The van der Waals surface area contributed by atoms with Gasteiger partial charge < -0.3 is 10.2 Å². The van der Waals surface area contributed by atoms with Crippen molar-refractivity contribution < 1.29 is 23.4 Å². The number of hydrogen-bond acceptors (Lipinski definition) is 5. The zero-order valence-corrected chi connectivity index (χ0v) is 9.98. The lowest BCUT2D eigenvalue weighted by Gasteiger charge is -2.20. The summed E-state index contributed by atoms with van der Waals surface area (Å²) in [5.74, 6) is -0.915. The molecule has 1 aliphatic heterocycles. The maximum Gasteiger partial charge on any atom is 0.321 e. The van der Waals surface area contributed by atoms with Crippen molar-refractivity contribution in [2.24, 2.45) is 0 Å².